The summed E-state index contributed by atoms with van der Waals surface area (Å²) in [6.07, 6.45) is 9.49. The molecule has 120 valence electrons. The lowest BCUT2D eigenvalue weighted by molar-refractivity contribution is -0.0629. The molecule has 0 spiro atoms. The van der Waals surface area contributed by atoms with Crippen LogP contribution in [0, 0.1) is 29.6 Å². The minimum Gasteiger partial charge on any atom is -0.508 e. The van der Waals surface area contributed by atoms with Crippen LogP contribution < -0.4 is 0 Å². The Labute approximate surface area is 136 Å². The summed E-state index contributed by atoms with van der Waals surface area (Å²) in [5.74, 6) is 3.78. The second-order valence-corrected chi connectivity index (χ2v) is 7.78. The summed E-state index contributed by atoms with van der Waals surface area (Å²) in [7, 11) is 0. The standard InChI is InChI=1S/C20H22O3/c1-3-20(23)9-7-17-15-11-18(22)16-10-12(21)4-5-13(16)14(15)6-8-19(17,20)2/h1,4-5,10,14-15,17,21,23H,6-9,11H2,2H3. The lowest BCUT2D eigenvalue weighted by atomic mass is 9.53. The van der Waals surface area contributed by atoms with E-state index in [1.54, 1.807) is 12.1 Å². The second-order valence-electron chi connectivity index (χ2n) is 7.78. The van der Waals surface area contributed by atoms with Crippen LogP contribution in [0.1, 0.15) is 60.9 Å². The highest BCUT2D eigenvalue weighted by Gasteiger charge is 2.61. The molecule has 1 aromatic carbocycles. The second kappa shape index (κ2) is 4.61. The molecule has 3 aliphatic rings. The molecule has 0 radical (unpaired) electrons. The molecule has 0 saturated heterocycles. The van der Waals surface area contributed by atoms with E-state index in [1.807, 2.05) is 6.07 Å². The van der Waals surface area contributed by atoms with Gasteiger partial charge >= 0.3 is 0 Å². The van der Waals surface area contributed by atoms with Gasteiger partial charge in [-0.2, -0.15) is 0 Å². The van der Waals surface area contributed by atoms with Crippen LogP contribution in [0.25, 0.3) is 0 Å². The molecule has 5 unspecified atom stereocenters. The number of benzene rings is 1. The van der Waals surface area contributed by atoms with E-state index in [0.717, 1.165) is 24.8 Å². The van der Waals surface area contributed by atoms with Crippen LogP contribution in [0.2, 0.25) is 0 Å². The topological polar surface area (TPSA) is 57.5 Å². The number of terminal acetylenes is 1. The van der Waals surface area contributed by atoms with E-state index in [0.29, 0.717) is 24.3 Å². The molecule has 0 aromatic heterocycles. The Morgan fingerprint density at radius 2 is 2.09 bits per heavy atom. The number of carbonyl (C=O) groups excluding carboxylic acids is 1. The van der Waals surface area contributed by atoms with Crippen LogP contribution in [-0.2, 0) is 0 Å². The maximum atomic E-state index is 12.6. The molecular weight excluding hydrogens is 288 g/mol. The Morgan fingerprint density at radius 3 is 2.83 bits per heavy atom. The van der Waals surface area contributed by atoms with Crippen molar-refractivity contribution in [3.63, 3.8) is 0 Å². The average molecular weight is 310 g/mol. The molecule has 5 atom stereocenters. The third kappa shape index (κ3) is 1.79. The molecule has 2 fully saturated rings. The number of Topliss-reactive ketones (excluding diaryl/α,β-unsaturated/α-hetero) is 1. The predicted octanol–water partition coefficient (Wildman–Crippen LogP) is 3.25. The van der Waals surface area contributed by atoms with Gasteiger partial charge in [0.25, 0.3) is 0 Å². The molecule has 0 bridgehead atoms. The monoisotopic (exact) mass is 310 g/mol. The van der Waals surface area contributed by atoms with E-state index >= 15 is 0 Å². The van der Waals surface area contributed by atoms with Gasteiger partial charge in [0.05, 0.1) is 0 Å². The quantitative estimate of drug-likeness (QED) is 0.723. The van der Waals surface area contributed by atoms with Crippen LogP contribution in [0.4, 0.5) is 0 Å². The highest BCUT2D eigenvalue weighted by atomic mass is 16.3. The van der Waals surface area contributed by atoms with Gasteiger partial charge in [-0.3, -0.25) is 4.79 Å². The van der Waals surface area contributed by atoms with Crippen molar-refractivity contribution in [2.24, 2.45) is 17.3 Å². The third-order valence-electron chi connectivity index (χ3n) is 6.99. The molecule has 3 nitrogen and oxygen atoms in total. The number of hydrogen-bond donors (Lipinski definition) is 2. The van der Waals surface area contributed by atoms with E-state index in [-0.39, 0.29) is 28.8 Å². The Morgan fingerprint density at radius 1 is 1.30 bits per heavy atom. The fraction of sp³-hybridized carbons (Fsp3) is 0.550. The first kappa shape index (κ1) is 14.8. The van der Waals surface area contributed by atoms with Crippen LogP contribution in [0.3, 0.4) is 0 Å². The van der Waals surface area contributed by atoms with Crippen molar-refractivity contribution < 1.29 is 15.0 Å². The van der Waals surface area contributed by atoms with Gasteiger partial charge in [0.1, 0.15) is 11.4 Å². The van der Waals surface area contributed by atoms with Gasteiger partial charge in [0.2, 0.25) is 0 Å². The van der Waals surface area contributed by atoms with Crippen molar-refractivity contribution in [1.82, 2.24) is 0 Å². The zero-order chi connectivity index (χ0) is 16.4. The van der Waals surface area contributed by atoms with Crippen molar-refractivity contribution in [3.05, 3.63) is 29.3 Å². The fourth-order valence-corrected chi connectivity index (χ4v) is 5.64. The number of fused-ring (bicyclic) bond motifs is 5. The largest absolute Gasteiger partial charge is 0.508 e. The molecule has 23 heavy (non-hydrogen) atoms. The maximum Gasteiger partial charge on any atom is 0.163 e. The molecule has 2 N–H and O–H groups in total. The van der Waals surface area contributed by atoms with Gasteiger partial charge in [-0.15, -0.1) is 6.42 Å². The lowest BCUT2D eigenvalue weighted by Crippen LogP contribution is -2.50. The first-order chi connectivity index (χ1) is 10.9. The van der Waals surface area contributed by atoms with Crippen molar-refractivity contribution in [3.8, 4) is 18.1 Å². The summed E-state index contributed by atoms with van der Waals surface area (Å²) in [6, 6.07) is 5.19. The van der Waals surface area contributed by atoms with E-state index in [2.05, 4.69) is 12.8 Å². The number of carbonyl (C=O) groups is 1. The lowest BCUT2D eigenvalue weighted by Gasteiger charge is -2.51. The van der Waals surface area contributed by atoms with E-state index in [1.165, 1.54) is 0 Å². The van der Waals surface area contributed by atoms with E-state index in [9.17, 15) is 15.0 Å². The molecule has 0 amide bonds. The van der Waals surface area contributed by atoms with Crippen LogP contribution in [0.15, 0.2) is 18.2 Å². The first-order valence-corrected chi connectivity index (χ1v) is 8.46. The third-order valence-corrected chi connectivity index (χ3v) is 6.99. The number of phenols is 1. The Kier molecular flexibility index (Phi) is 2.96. The number of rotatable bonds is 0. The molecule has 2 saturated carbocycles. The summed E-state index contributed by atoms with van der Waals surface area (Å²) < 4.78 is 0. The van der Waals surface area contributed by atoms with Gasteiger partial charge in [0.15, 0.2) is 5.78 Å². The molecule has 4 rings (SSSR count). The minimum atomic E-state index is -1.04. The maximum absolute atomic E-state index is 12.6. The van der Waals surface area contributed by atoms with Gasteiger partial charge in [-0.25, -0.2) is 0 Å². The summed E-state index contributed by atoms with van der Waals surface area (Å²) in [5, 5.41) is 20.6. The molecule has 0 heterocycles. The van der Waals surface area contributed by atoms with E-state index < -0.39 is 5.60 Å². The molecule has 3 heteroatoms. The van der Waals surface area contributed by atoms with Gasteiger partial charge in [0, 0.05) is 17.4 Å². The summed E-state index contributed by atoms with van der Waals surface area (Å²) >= 11 is 0. The summed E-state index contributed by atoms with van der Waals surface area (Å²) in [6.45, 7) is 2.11. The molecule has 0 aliphatic heterocycles. The summed E-state index contributed by atoms with van der Waals surface area (Å²) in [4.78, 5) is 12.6. The van der Waals surface area contributed by atoms with Crippen LogP contribution in [-0.4, -0.2) is 21.6 Å². The zero-order valence-electron chi connectivity index (χ0n) is 13.4. The van der Waals surface area contributed by atoms with Crippen molar-refractivity contribution in [1.29, 1.82) is 0 Å². The van der Waals surface area contributed by atoms with Crippen molar-refractivity contribution >= 4 is 5.78 Å². The highest BCUT2D eigenvalue weighted by molar-refractivity contribution is 5.99. The molecule has 1 aromatic rings. The number of phenolic OH excluding ortho intramolecular Hbond substituents is 1. The first-order valence-electron chi connectivity index (χ1n) is 8.46. The fourth-order valence-electron chi connectivity index (χ4n) is 5.64. The predicted molar refractivity (Wildman–Crippen MR) is 87.1 cm³/mol. The summed E-state index contributed by atoms with van der Waals surface area (Å²) in [5.41, 5.74) is 0.417. The van der Waals surface area contributed by atoms with Gasteiger partial charge < -0.3 is 10.2 Å². The van der Waals surface area contributed by atoms with E-state index in [4.69, 9.17) is 6.42 Å². The zero-order valence-corrected chi connectivity index (χ0v) is 13.4. The smallest absolute Gasteiger partial charge is 0.163 e. The number of aromatic hydroxyl groups is 1. The molecule has 3 aliphatic carbocycles. The average Bonchev–Trinajstić information content (AvgIpc) is 2.80. The highest BCUT2D eigenvalue weighted by Crippen LogP contribution is 2.64. The van der Waals surface area contributed by atoms with Crippen LogP contribution >= 0.6 is 0 Å². The van der Waals surface area contributed by atoms with Gasteiger partial charge in [-0.05, 0) is 61.1 Å². The Hall–Kier alpha value is -1.79. The minimum absolute atomic E-state index is 0.109. The normalized spacial score (nSPS) is 41.6. The number of hydrogen-bond acceptors (Lipinski definition) is 3. The molecular formula is C20H22O3. The Balaban J connectivity index is 1.77. The SMILES string of the molecule is C#CC1(O)CCC2C3CC(=O)c4cc(O)ccc4C3CCC21C. The number of aliphatic hydroxyl groups is 1. The van der Waals surface area contributed by atoms with Crippen LogP contribution in [0.5, 0.6) is 5.75 Å². The van der Waals surface area contributed by atoms with Gasteiger partial charge in [-0.1, -0.05) is 18.9 Å². The van der Waals surface area contributed by atoms with Crippen molar-refractivity contribution in [2.75, 3.05) is 0 Å². The Bertz CT molecular complexity index is 731. The van der Waals surface area contributed by atoms with Crippen molar-refractivity contribution in [2.45, 2.75) is 50.5 Å². The number of ketones is 1.